The van der Waals surface area contributed by atoms with Gasteiger partial charge in [-0.15, -0.1) is 0 Å². The summed E-state index contributed by atoms with van der Waals surface area (Å²) in [6.07, 6.45) is -2.72. The first-order chi connectivity index (χ1) is 16.6. The summed E-state index contributed by atoms with van der Waals surface area (Å²) in [6, 6.07) is 14.3. The zero-order valence-electron chi connectivity index (χ0n) is 20.1. The van der Waals surface area contributed by atoms with Crippen LogP contribution in [0.1, 0.15) is 25.8 Å². The monoisotopic (exact) mass is 505 g/mol. The zero-order valence-corrected chi connectivity index (χ0v) is 20.9. The van der Waals surface area contributed by atoms with Gasteiger partial charge in [0.2, 0.25) is 10.0 Å². The van der Waals surface area contributed by atoms with Crippen molar-refractivity contribution in [2.45, 2.75) is 49.8 Å². The van der Waals surface area contributed by atoms with Crippen molar-refractivity contribution in [3.05, 3.63) is 60.2 Å². The maximum absolute atomic E-state index is 13.9. The molecule has 1 saturated heterocycles. The third-order valence-electron chi connectivity index (χ3n) is 6.09. The largest absolute Gasteiger partial charge is 0.443 e. The van der Waals surface area contributed by atoms with E-state index in [1.807, 2.05) is 44.2 Å². The molecule has 10 heteroatoms. The maximum atomic E-state index is 13.9. The molecule has 0 bridgehead atoms. The van der Waals surface area contributed by atoms with Crippen LogP contribution >= 0.6 is 0 Å². The molecular formula is C25H35N3O6S. The maximum Gasteiger partial charge on any atom is 0.404 e. The number of carbonyl (C=O) groups is 1. The fourth-order valence-corrected chi connectivity index (χ4v) is 6.33. The molecule has 2 aromatic rings. The highest BCUT2D eigenvalue weighted by Crippen LogP contribution is 2.32. The quantitative estimate of drug-likeness (QED) is 0.398. The number of aliphatic hydroxyl groups is 1. The van der Waals surface area contributed by atoms with E-state index in [4.69, 9.17) is 20.9 Å². The summed E-state index contributed by atoms with van der Waals surface area (Å²) < 4.78 is 40.0. The molecule has 0 spiro atoms. The Labute approximate surface area is 207 Å². The summed E-state index contributed by atoms with van der Waals surface area (Å²) in [5.74, 6) is -0.345. The summed E-state index contributed by atoms with van der Waals surface area (Å²) in [7, 11) is -4.04. The van der Waals surface area contributed by atoms with Gasteiger partial charge in [-0.2, -0.15) is 4.31 Å². The van der Waals surface area contributed by atoms with E-state index in [1.165, 1.54) is 28.6 Å². The third-order valence-corrected chi connectivity index (χ3v) is 7.97. The third kappa shape index (κ3) is 6.94. The van der Waals surface area contributed by atoms with E-state index in [2.05, 4.69) is 0 Å². The number of nitrogens with zero attached hydrogens (tertiary/aromatic N) is 1. The number of amides is 1. The van der Waals surface area contributed by atoms with Crippen molar-refractivity contribution >= 4 is 21.8 Å². The minimum absolute atomic E-state index is 0.0415. The van der Waals surface area contributed by atoms with E-state index in [-0.39, 0.29) is 36.3 Å². The van der Waals surface area contributed by atoms with E-state index < -0.39 is 34.4 Å². The standard InChI is InChI=1S/C25H35N3O6S/c1-17(2)15-28(35(31,32)21-10-8-20(26)9-11-21)23(19-12-13-33-16-19)24(29)22(34-25(27)30)14-18-6-4-3-5-7-18/h3-11,17,19,22-24,29H,12-16,26H2,1-2H3,(H2,27,30). The van der Waals surface area contributed by atoms with Crippen LogP contribution in [0.25, 0.3) is 0 Å². The highest BCUT2D eigenvalue weighted by atomic mass is 32.2. The second-order valence-corrected chi connectivity index (χ2v) is 11.2. The number of sulfonamides is 1. The molecule has 4 unspecified atom stereocenters. The average Bonchev–Trinajstić information content (AvgIpc) is 3.33. The number of rotatable bonds is 11. The second-order valence-electron chi connectivity index (χ2n) is 9.31. The highest BCUT2D eigenvalue weighted by molar-refractivity contribution is 7.89. The molecular weight excluding hydrogens is 470 g/mol. The van der Waals surface area contributed by atoms with E-state index in [0.29, 0.717) is 18.7 Å². The number of benzene rings is 2. The molecule has 4 atom stereocenters. The second kappa shape index (κ2) is 11.9. The van der Waals surface area contributed by atoms with E-state index >= 15 is 0 Å². The predicted molar refractivity (Wildman–Crippen MR) is 133 cm³/mol. The minimum Gasteiger partial charge on any atom is -0.443 e. The lowest BCUT2D eigenvalue weighted by molar-refractivity contribution is -0.0443. The molecule has 1 aliphatic rings. The van der Waals surface area contributed by atoms with Crippen LogP contribution < -0.4 is 11.5 Å². The van der Waals surface area contributed by atoms with Gasteiger partial charge in [0.25, 0.3) is 0 Å². The number of nitrogens with two attached hydrogens (primary N) is 2. The Morgan fingerprint density at radius 2 is 1.83 bits per heavy atom. The van der Waals surface area contributed by atoms with Gasteiger partial charge in [-0.3, -0.25) is 0 Å². The van der Waals surface area contributed by atoms with Gasteiger partial charge in [-0.25, -0.2) is 13.2 Å². The summed E-state index contributed by atoms with van der Waals surface area (Å²) in [5, 5.41) is 11.7. The molecule has 0 aliphatic carbocycles. The van der Waals surface area contributed by atoms with Gasteiger partial charge in [0.1, 0.15) is 12.2 Å². The van der Waals surface area contributed by atoms with Crippen molar-refractivity contribution in [3.8, 4) is 0 Å². The van der Waals surface area contributed by atoms with Gasteiger partial charge in [0, 0.05) is 31.2 Å². The van der Waals surface area contributed by atoms with Gasteiger partial charge < -0.3 is 26.0 Å². The predicted octanol–water partition coefficient (Wildman–Crippen LogP) is 2.39. The molecule has 1 fully saturated rings. The van der Waals surface area contributed by atoms with Crippen molar-refractivity contribution in [1.82, 2.24) is 4.31 Å². The smallest absolute Gasteiger partial charge is 0.404 e. The van der Waals surface area contributed by atoms with Crippen LogP contribution in [0.5, 0.6) is 0 Å². The molecule has 2 aromatic carbocycles. The number of anilines is 1. The van der Waals surface area contributed by atoms with Crippen LogP contribution in [0.4, 0.5) is 10.5 Å². The molecule has 1 aliphatic heterocycles. The summed E-state index contributed by atoms with van der Waals surface area (Å²) >= 11 is 0. The summed E-state index contributed by atoms with van der Waals surface area (Å²) in [4.78, 5) is 11.8. The Morgan fingerprint density at radius 1 is 1.17 bits per heavy atom. The Hall–Kier alpha value is -2.66. The molecule has 9 nitrogen and oxygen atoms in total. The average molecular weight is 506 g/mol. The number of nitrogen functional groups attached to an aromatic ring is 1. The van der Waals surface area contributed by atoms with Crippen LogP contribution in [0.2, 0.25) is 0 Å². The molecule has 1 amide bonds. The van der Waals surface area contributed by atoms with E-state index in [1.54, 1.807) is 0 Å². The molecule has 35 heavy (non-hydrogen) atoms. The number of hydrogen-bond acceptors (Lipinski definition) is 7. The lowest BCUT2D eigenvalue weighted by atomic mass is 9.88. The van der Waals surface area contributed by atoms with Gasteiger partial charge in [0.05, 0.1) is 17.5 Å². The lowest BCUT2D eigenvalue weighted by Crippen LogP contribution is -2.57. The molecule has 0 aromatic heterocycles. The first-order valence-corrected chi connectivity index (χ1v) is 13.2. The number of aliphatic hydroxyl groups excluding tert-OH is 1. The topological polar surface area (TPSA) is 145 Å². The molecule has 5 N–H and O–H groups in total. The van der Waals surface area contributed by atoms with Crippen LogP contribution in [0, 0.1) is 11.8 Å². The van der Waals surface area contributed by atoms with Crippen LogP contribution in [0.15, 0.2) is 59.5 Å². The number of hydrogen-bond donors (Lipinski definition) is 3. The van der Waals surface area contributed by atoms with Crippen LogP contribution in [0.3, 0.4) is 0 Å². The minimum atomic E-state index is -4.04. The highest BCUT2D eigenvalue weighted by Gasteiger charge is 2.45. The van der Waals surface area contributed by atoms with Crippen molar-refractivity contribution in [2.24, 2.45) is 17.6 Å². The van der Waals surface area contributed by atoms with Gasteiger partial charge >= 0.3 is 6.09 Å². The SMILES string of the molecule is CC(C)CN(C(C1CCOC1)C(O)C(Cc1ccccc1)OC(N)=O)S(=O)(=O)c1ccc(N)cc1. The number of ether oxygens (including phenoxy) is 2. The van der Waals surface area contributed by atoms with Gasteiger partial charge in [0.15, 0.2) is 0 Å². The first-order valence-electron chi connectivity index (χ1n) is 11.7. The Bertz CT molecular complexity index is 1060. The molecule has 192 valence electrons. The van der Waals surface area contributed by atoms with Gasteiger partial charge in [-0.05, 0) is 42.2 Å². The zero-order chi connectivity index (χ0) is 25.6. The molecule has 0 saturated carbocycles. The van der Waals surface area contributed by atoms with Crippen molar-refractivity contribution in [1.29, 1.82) is 0 Å². The fourth-order valence-electron chi connectivity index (χ4n) is 4.47. The summed E-state index contributed by atoms with van der Waals surface area (Å²) in [6.45, 7) is 4.69. The normalized spacial score (nSPS) is 18.9. The van der Waals surface area contributed by atoms with E-state index in [0.717, 1.165) is 5.56 Å². The Balaban J connectivity index is 2.05. The van der Waals surface area contributed by atoms with Crippen molar-refractivity contribution < 1.29 is 27.8 Å². The number of carbonyl (C=O) groups excluding carboxylic acids is 1. The molecule has 0 radical (unpaired) electrons. The van der Waals surface area contributed by atoms with Crippen LogP contribution in [-0.4, -0.2) is 61.9 Å². The number of primary amides is 1. The molecule has 1 heterocycles. The fraction of sp³-hybridized carbons (Fsp3) is 0.480. The van der Waals surface area contributed by atoms with Crippen LogP contribution in [-0.2, 0) is 25.9 Å². The summed E-state index contributed by atoms with van der Waals surface area (Å²) in [5.41, 5.74) is 12.4. The van der Waals surface area contributed by atoms with E-state index in [9.17, 15) is 18.3 Å². The van der Waals surface area contributed by atoms with Gasteiger partial charge in [-0.1, -0.05) is 44.2 Å². The van der Waals surface area contributed by atoms with Crippen molar-refractivity contribution in [2.75, 3.05) is 25.5 Å². The Kier molecular flexibility index (Phi) is 9.12. The molecule has 3 rings (SSSR count). The lowest BCUT2D eigenvalue weighted by Gasteiger charge is -2.40. The van der Waals surface area contributed by atoms with Crippen molar-refractivity contribution in [3.63, 3.8) is 0 Å². The Morgan fingerprint density at radius 3 is 2.37 bits per heavy atom. The first kappa shape index (κ1) is 26.9.